The van der Waals surface area contributed by atoms with Gasteiger partial charge in [-0.2, -0.15) is 0 Å². The van der Waals surface area contributed by atoms with Gasteiger partial charge in [0.05, 0.1) is 33.8 Å². The van der Waals surface area contributed by atoms with E-state index in [9.17, 15) is 19.0 Å². The van der Waals surface area contributed by atoms with Crippen molar-refractivity contribution >= 4 is 19.7 Å². The van der Waals surface area contributed by atoms with Gasteiger partial charge in [0.15, 0.2) is 0 Å². The number of nitrogens with one attached hydrogen (secondary N) is 1. The molecule has 0 aromatic rings. The fraction of sp³-hybridized carbons (Fsp3) is 0.757. The normalized spacial score (nSPS) is 14.1. The molecule has 0 aromatic carbocycles. The van der Waals surface area contributed by atoms with Gasteiger partial charge in [0.1, 0.15) is 19.3 Å². The first kappa shape index (κ1) is 80.9. The molecule has 0 saturated heterocycles. The SMILES string of the molecule is CCCCC/C=C\C/C=C\C/C=C\C/C=C\CCCCCCCCCCCCCC(=O)NC(COP(=O)([O-])OCC[N+](C)(C)C)C(/C=C\CCCCCCCCCCCC)OC(=O)CCCCCCCC/C=C\C/C=C\C/C=C\CCCCC. The number of unbranched alkanes of at least 4 members (excludes halogenated alkanes) is 33. The quantitative estimate of drug-likeness (QED) is 0.0212. The number of carbonyl (C=O) groups is 2. The van der Waals surface area contributed by atoms with Crippen LogP contribution in [0.5, 0.6) is 0 Å². The molecule has 0 aromatic heterocycles. The largest absolute Gasteiger partial charge is 0.756 e. The molecule has 0 radical (unpaired) electrons. The number of phosphoric acid groups is 1. The van der Waals surface area contributed by atoms with Crippen molar-refractivity contribution in [2.45, 2.75) is 322 Å². The molecule has 84 heavy (non-hydrogen) atoms. The molecule has 0 aliphatic carbocycles. The van der Waals surface area contributed by atoms with Crippen LogP contribution in [0.4, 0.5) is 0 Å². The van der Waals surface area contributed by atoms with Crippen molar-refractivity contribution in [3.05, 3.63) is 97.2 Å². The summed E-state index contributed by atoms with van der Waals surface area (Å²) in [7, 11) is 1.17. The summed E-state index contributed by atoms with van der Waals surface area (Å²) < 4.78 is 30.4. The van der Waals surface area contributed by atoms with E-state index in [1.54, 1.807) is 0 Å². The van der Waals surface area contributed by atoms with E-state index in [0.29, 0.717) is 23.9 Å². The lowest BCUT2D eigenvalue weighted by Gasteiger charge is -2.30. The number of phosphoric ester groups is 1. The topological polar surface area (TPSA) is 114 Å². The number of rotatable bonds is 63. The van der Waals surface area contributed by atoms with Crippen LogP contribution in [0, 0.1) is 0 Å². The van der Waals surface area contributed by atoms with E-state index < -0.39 is 26.6 Å². The minimum Gasteiger partial charge on any atom is -0.756 e. The van der Waals surface area contributed by atoms with Crippen LogP contribution in [-0.2, 0) is 27.9 Å². The molecule has 1 amide bonds. The number of nitrogens with zero attached hydrogens (tertiary/aromatic N) is 1. The number of esters is 1. The lowest BCUT2D eigenvalue weighted by Crippen LogP contribution is -2.47. The molecule has 486 valence electrons. The second-order valence-corrected chi connectivity index (χ2v) is 26.1. The number of quaternary nitrogens is 1. The fourth-order valence-electron chi connectivity index (χ4n) is 9.81. The van der Waals surface area contributed by atoms with Gasteiger partial charge in [-0.1, -0.05) is 279 Å². The summed E-state index contributed by atoms with van der Waals surface area (Å²) in [6.07, 6.45) is 85.2. The second kappa shape index (κ2) is 63.0. The third-order valence-electron chi connectivity index (χ3n) is 15.2. The summed E-state index contributed by atoms with van der Waals surface area (Å²) in [5, 5.41) is 3.04. The summed E-state index contributed by atoms with van der Waals surface area (Å²) in [6, 6.07) is -0.902. The van der Waals surface area contributed by atoms with Gasteiger partial charge in [-0.05, 0) is 115 Å². The molecule has 0 fully saturated rings. The standard InChI is InChI=1S/C74H133N2O7P/c1-7-10-13-16-19-22-25-28-30-32-34-35-36-37-38-39-40-41-43-44-46-48-51-54-57-60-63-66-73(77)75-71(70-82-84(79,80)81-69-68-76(4,5)6)72(65-62-59-56-53-50-27-24-21-18-15-12-9-3)83-74(78)67-64-61-58-55-52-49-47-45-42-33-31-29-26-23-20-17-14-11-8-2/h19-20,22-23,28-31,34-35,37-38,42,45,62,65,71-72H,7-18,21,24-27,32-33,36,39-41,43-44,46-61,63-64,66-70H2,1-6H3,(H-,75,77,79,80)/b22-19-,23-20-,30-28-,31-29-,35-34-,38-37-,45-42-,65-62-. The van der Waals surface area contributed by atoms with Crippen LogP contribution in [0.3, 0.4) is 0 Å². The van der Waals surface area contributed by atoms with Crippen molar-refractivity contribution in [3.8, 4) is 0 Å². The van der Waals surface area contributed by atoms with Gasteiger partial charge in [0, 0.05) is 12.8 Å². The average Bonchev–Trinajstić information content (AvgIpc) is 3.64. The Balaban J connectivity index is 5.10. The zero-order valence-corrected chi connectivity index (χ0v) is 56.5. The van der Waals surface area contributed by atoms with Crippen molar-refractivity contribution in [3.63, 3.8) is 0 Å². The van der Waals surface area contributed by atoms with Gasteiger partial charge in [-0.25, -0.2) is 0 Å². The van der Waals surface area contributed by atoms with Crippen LogP contribution in [0.1, 0.15) is 310 Å². The Bertz CT molecular complexity index is 1760. The highest BCUT2D eigenvalue weighted by Gasteiger charge is 2.27. The first-order chi connectivity index (χ1) is 40.9. The molecule has 3 atom stereocenters. The summed E-state index contributed by atoms with van der Waals surface area (Å²) >= 11 is 0. The molecule has 3 unspecified atom stereocenters. The van der Waals surface area contributed by atoms with Gasteiger partial charge in [0.2, 0.25) is 5.91 Å². The fourth-order valence-corrected chi connectivity index (χ4v) is 10.5. The van der Waals surface area contributed by atoms with Gasteiger partial charge >= 0.3 is 5.97 Å². The monoisotopic (exact) mass is 1190 g/mol. The Hall–Kier alpha value is -3.07. The highest BCUT2D eigenvalue weighted by atomic mass is 31.2. The maximum atomic E-state index is 13.6. The van der Waals surface area contributed by atoms with Crippen LogP contribution >= 0.6 is 7.82 Å². The summed E-state index contributed by atoms with van der Waals surface area (Å²) in [5.74, 6) is -0.557. The first-order valence-electron chi connectivity index (χ1n) is 35.0. The molecular formula is C74H133N2O7P. The Labute approximate surface area is 519 Å². The van der Waals surface area contributed by atoms with Crippen LogP contribution in [-0.4, -0.2) is 69.4 Å². The van der Waals surface area contributed by atoms with Crippen molar-refractivity contribution in [2.24, 2.45) is 0 Å². The van der Waals surface area contributed by atoms with Gasteiger partial charge in [-0.3, -0.25) is 14.2 Å². The molecule has 0 saturated carbocycles. The second-order valence-electron chi connectivity index (χ2n) is 24.7. The number of hydrogen-bond donors (Lipinski definition) is 1. The first-order valence-corrected chi connectivity index (χ1v) is 36.5. The lowest BCUT2D eigenvalue weighted by molar-refractivity contribution is -0.870. The molecule has 0 bridgehead atoms. The Morgan fingerprint density at radius 1 is 0.417 bits per heavy atom. The Kier molecular flexibility index (Phi) is 60.7. The summed E-state index contributed by atoms with van der Waals surface area (Å²) in [6.45, 7) is 6.79. The maximum absolute atomic E-state index is 13.6. The number of carbonyl (C=O) groups excluding carboxylic acids is 2. The number of ether oxygens (including phenoxy) is 1. The number of likely N-dealkylation sites (N-methyl/N-ethyl adjacent to an activating group) is 1. The molecule has 9 nitrogen and oxygen atoms in total. The Morgan fingerprint density at radius 2 is 0.726 bits per heavy atom. The van der Waals surface area contributed by atoms with Gasteiger partial charge < -0.3 is 28.5 Å². The van der Waals surface area contributed by atoms with E-state index in [-0.39, 0.29) is 24.9 Å². The summed E-state index contributed by atoms with van der Waals surface area (Å²) in [5.41, 5.74) is 0. The molecule has 0 aliphatic rings. The van der Waals surface area contributed by atoms with E-state index in [1.165, 1.54) is 161 Å². The highest BCUT2D eigenvalue weighted by Crippen LogP contribution is 2.38. The molecule has 0 rings (SSSR count). The third-order valence-corrected chi connectivity index (χ3v) is 16.2. The predicted molar refractivity (Wildman–Crippen MR) is 362 cm³/mol. The Morgan fingerprint density at radius 3 is 1.11 bits per heavy atom. The van der Waals surface area contributed by atoms with Crippen molar-refractivity contribution in [2.75, 3.05) is 40.9 Å². The van der Waals surface area contributed by atoms with E-state index in [1.807, 2.05) is 33.3 Å². The average molecular weight is 1190 g/mol. The van der Waals surface area contributed by atoms with E-state index in [2.05, 4.69) is 111 Å². The van der Waals surface area contributed by atoms with Crippen molar-refractivity contribution < 1.29 is 37.3 Å². The predicted octanol–water partition coefficient (Wildman–Crippen LogP) is 21.7. The van der Waals surface area contributed by atoms with Crippen LogP contribution in [0.25, 0.3) is 0 Å². The molecule has 0 heterocycles. The minimum absolute atomic E-state index is 0.0288. The minimum atomic E-state index is -4.71. The van der Waals surface area contributed by atoms with Crippen molar-refractivity contribution in [1.82, 2.24) is 5.32 Å². The zero-order chi connectivity index (χ0) is 61.4. The molecule has 1 N–H and O–H groups in total. The third kappa shape index (κ3) is 63.4. The van der Waals surface area contributed by atoms with Gasteiger partial charge in [0.25, 0.3) is 7.82 Å². The molecular weight excluding hydrogens is 1060 g/mol. The number of amides is 1. The number of hydrogen-bond acceptors (Lipinski definition) is 7. The van der Waals surface area contributed by atoms with E-state index in [0.717, 1.165) is 109 Å². The summed E-state index contributed by atoms with van der Waals surface area (Å²) in [4.78, 5) is 40.2. The zero-order valence-electron chi connectivity index (χ0n) is 55.6. The maximum Gasteiger partial charge on any atom is 0.306 e. The molecule has 10 heteroatoms. The smallest absolute Gasteiger partial charge is 0.306 e. The number of allylic oxidation sites excluding steroid dienone is 15. The molecule has 0 spiro atoms. The van der Waals surface area contributed by atoms with Crippen molar-refractivity contribution in [1.29, 1.82) is 0 Å². The van der Waals surface area contributed by atoms with E-state index >= 15 is 0 Å². The van der Waals surface area contributed by atoms with Crippen LogP contribution < -0.4 is 10.2 Å². The highest BCUT2D eigenvalue weighted by molar-refractivity contribution is 7.45. The van der Waals surface area contributed by atoms with Crippen LogP contribution in [0.15, 0.2) is 97.2 Å². The van der Waals surface area contributed by atoms with Crippen LogP contribution in [0.2, 0.25) is 0 Å². The lowest BCUT2D eigenvalue weighted by atomic mass is 10.0. The van der Waals surface area contributed by atoms with E-state index in [4.69, 9.17) is 13.8 Å². The van der Waals surface area contributed by atoms with Gasteiger partial charge in [-0.15, -0.1) is 0 Å². The molecule has 0 aliphatic heterocycles.